The van der Waals surface area contributed by atoms with E-state index < -0.39 is 11.7 Å². The van der Waals surface area contributed by atoms with Gasteiger partial charge in [0, 0.05) is 12.2 Å². The van der Waals surface area contributed by atoms with Crippen molar-refractivity contribution in [2.75, 3.05) is 0 Å². The summed E-state index contributed by atoms with van der Waals surface area (Å²) in [5, 5.41) is 3.89. The minimum absolute atomic E-state index is 0.0886. The van der Waals surface area contributed by atoms with Gasteiger partial charge >= 0.3 is 0 Å². The number of hydrogen-bond donors (Lipinski definition) is 2. The Kier molecular flexibility index (Phi) is 3.12. The largest absolute Gasteiger partial charge is 0.364 e. The van der Waals surface area contributed by atoms with Gasteiger partial charge in [0.05, 0.1) is 0 Å². The van der Waals surface area contributed by atoms with Crippen molar-refractivity contribution in [3.05, 3.63) is 47.5 Å². The Bertz CT molecular complexity index is 592. The molecular formula is C12H13FN4O. The molecule has 1 amide bonds. The van der Waals surface area contributed by atoms with E-state index >= 15 is 0 Å². The second-order valence-corrected chi connectivity index (χ2v) is 4.01. The number of halogens is 1. The van der Waals surface area contributed by atoms with Gasteiger partial charge in [-0.2, -0.15) is 5.10 Å². The molecule has 1 aromatic carbocycles. The molecule has 0 bridgehead atoms. The summed E-state index contributed by atoms with van der Waals surface area (Å²) in [5.74, 6) is -1.11. The summed E-state index contributed by atoms with van der Waals surface area (Å²) >= 11 is 0. The van der Waals surface area contributed by atoms with Crippen molar-refractivity contribution in [2.24, 2.45) is 11.5 Å². The van der Waals surface area contributed by atoms with Crippen LogP contribution in [-0.4, -0.2) is 15.7 Å². The highest BCUT2D eigenvalue weighted by atomic mass is 19.1. The highest BCUT2D eigenvalue weighted by Gasteiger charge is 2.11. The molecule has 0 spiro atoms. The van der Waals surface area contributed by atoms with Gasteiger partial charge in [-0.05, 0) is 30.7 Å². The molecule has 0 radical (unpaired) electrons. The SMILES string of the molecule is C[C@H](N)c1ccc(-n2ccc(C(N)=O)n2)c(F)c1. The van der Waals surface area contributed by atoms with Gasteiger partial charge in [-0.15, -0.1) is 0 Å². The molecule has 0 unspecified atom stereocenters. The number of carbonyl (C=O) groups excluding carboxylic acids is 1. The van der Waals surface area contributed by atoms with Crippen LogP contribution in [0.2, 0.25) is 0 Å². The molecule has 0 aliphatic rings. The Morgan fingerprint density at radius 1 is 1.44 bits per heavy atom. The molecule has 0 aliphatic heterocycles. The first-order valence-electron chi connectivity index (χ1n) is 5.40. The quantitative estimate of drug-likeness (QED) is 0.853. The summed E-state index contributed by atoms with van der Waals surface area (Å²) in [6, 6.07) is 5.82. The lowest BCUT2D eigenvalue weighted by Crippen LogP contribution is -2.12. The smallest absolute Gasteiger partial charge is 0.269 e. The van der Waals surface area contributed by atoms with Crippen LogP contribution in [0.4, 0.5) is 4.39 Å². The zero-order valence-electron chi connectivity index (χ0n) is 9.80. The molecule has 2 rings (SSSR count). The van der Waals surface area contributed by atoms with Gasteiger partial charge in [0.25, 0.3) is 5.91 Å². The van der Waals surface area contributed by atoms with Crippen molar-refractivity contribution in [1.82, 2.24) is 9.78 Å². The maximum atomic E-state index is 13.9. The number of benzene rings is 1. The van der Waals surface area contributed by atoms with E-state index in [0.29, 0.717) is 5.56 Å². The summed E-state index contributed by atoms with van der Waals surface area (Å²) in [5.41, 5.74) is 11.8. The maximum Gasteiger partial charge on any atom is 0.269 e. The predicted octanol–water partition coefficient (Wildman–Crippen LogP) is 1.13. The fourth-order valence-electron chi connectivity index (χ4n) is 1.58. The monoisotopic (exact) mass is 248 g/mol. The third kappa shape index (κ3) is 2.23. The first kappa shape index (κ1) is 12.3. The number of rotatable bonds is 3. The number of nitrogens with zero attached hydrogens (tertiary/aromatic N) is 2. The van der Waals surface area contributed by atoms with Crippen LogP contribution < -0.4 is 11.5 Å². The molecule has 6 heteroatoms. The van der Waals surface area contributed by atoms with Crippen molar-refractivity contribution in [3.63, 3.8) is 0 Å². The van der Waals surface area contributed by atoms with E-state index in [1.165, 1.54) is 23.0 Å². The molecule has 0 aliphatic carbocycles. The van der Waals surface area contributed by atoms with Crippen LogP contribution in [0.5, 0.6) is 0 Å². The molecule has 1 aromatic heterocycles. The van der Waals surface area contributed by atoms with E-state index in [1.54, 1.807) is 19.1 Å². The molecule has 0 fully saturated rings. The van der Waals surface area contributed by atoms with E-state index in [9.17, 15) is 9.18 Å². The van der Waals surface area contributed by atoms with Crippen molar-refractivity contribution < 1.29 is 9.18 Å². The summed E-state index contributed by atoms with van der Waals surface area (Å²) in [6.45, 7) is 1.77. The molecule has 18 heavy (non-hydrogen) atoms. The van der Waals surface area contributed by atoms with E-state index in [2.05, 4.69) is 5.10 Å². The fourth-order valence-corrected chi connectivity index (χ4v) is 1.58. The number of aromatic nitrogens is 2. The van der Waals surface area contributed by atoms with Crippen LogP contribution in [0.15, 0.2) is 30.5 Å². The summed E-state index contributed by atoms with van der Waals surface area (Å²) in [4.78, 5) is 10.9. The third-order valence-electron chi connectivity index (χ3n) is 2.59. The Balaban J connectivity index is 2.41. The zero-order chi connectivity index (χ0) is 13.3. The molecule has 5 nitrogen and oxygen atoms in total. The van der Waals surface area contributed by atoms with Crippen molar-refractivity contribution in [1.29, 1.82) is 0 Å². The Morgan fingerprint density at radius 2 is 2.17 bits per heavy atom. The Morgan fingerprint density at radius 3 is 2.67 bits per heavy atom. The zero-order valence-corrected chi connectivity index (χ0v) is 9.80. The molecule has 2 aromatic rings. The lowest BCUT2D eigenvalue weighted by atomic mass is 10.1. The number of hydrogen-bond acceptors (Lipinski definition) is 3. The van der Waals surface area contributed by atoms with Crippen LogP contribution in [-0.2, 0) is 0 Å². The number of carbonyl (C=O) groups is 1. The number of primary amides is 1. The summed E-state index contributed by atoms with van der Waals surface area (Å²) in [6.07, 6.45) is 1.48. The van der Waals surface area contributed by atoms with Gasteiger partial charge in [-0.1, -0.05) is 6.07 Å². The average molecular weight is 248 g/mol. The van der Waals surface area contributed by atoms with E-state index in [0.717, 1.165) is 0 Å². The molecule has 94 valence electrons. The molecule has 4 N–H and O–H groups in total. The van der Waals surface area contributed by atoms with Crippen molar-refractivity contribution >= 4 is 5.91 Å². The van der Waals surface area contributed by atoms with Gasteiger partial charge < -0.3 is 11.5 Å². The number of amides is 1. The Hall–Kier alpha value is -2.21. The minimum Gasteiger partial charge on any atom is -0.364 e. The fraction of sp³-hybridized carbons (Fsp3) is 0.167. The highest BCUT2D eigenvalue weighted by molar-refractivity contribution is 5.90. The second kappa shape index (κ2) is 4.58. The second-order valence-electron chi connectivity index (χ2n) is 4.01. The van der Waals surface area contributed by atoms with Gasteiger partial charge in [-0.25, -0.2) is 9.07 Å². The molecule has 1 atom stereocenters. The van der Waals surface area contributed by atoms with Crippen LogP contribution in [0, 0.1) is 5.82 Å². The van der Waals surface area contributed by atoms with E-state index in [-0.39, 0.29) is 17.4 Å². The lowest BCUT2D eigenvalue weighted by molar-refractivity contribution is 0.0995. The Labute approximate surface area is 103 Å². The normalized spacial score (nSPS) is 12.4. The van der Waals surface area contributed by atoms with Gasteiger partial charge in [-0.3, -0.25) is 4.79 Å². The van der Waals surface area contributed by atoms with Gasteiger partial charge in [0.1, 0.15) is 17.2 Å². The number of nitrogens with two attached hydrogens (primary N) is 2. The van der Waals surface area contributed by atoms with Crippen LogP contribution in [0.3, 0.4) is 0 Å². The standard InChI is InChI=1S/C12H13FN4O/c1-7(14)8-2-3-11(9(13)6-8)17-5-4-10(16-17)12(15)18/h2-7H,14H2,1H3,(H2,15,18)/t7-/m0/s1. The summed E-state index contributed by atoms with van der Waals surface area (Å²) in [7, 11) is 0. The van der Waals surface area contributed by atoms with E-state index in [1.807, 2.05) is 0 Å². The summed E-state index contributed by atoms with van der Waals surface area (Å²) < 4.78 is 15.1. The topological polar surface area (TPSA) is 86.9 Å². The molecular weight excluding hydrogens is 235 g/mol. The average Bonchev–Trinajstić information content (AvgIpc) is 2.78. The minimum atomic E-state index is -0.652. The third-order valence-corrected chi connectivity index (χ3v) is 2.59. The predicted molar refractivity (Wildman–Crippen MR) is 64.6 cm³/mol. The van der Waals surface area contributed by atoms with Crippen molar-refractivity contribution in [3.8, 4) is 5.69 Å². The first-order valence-corrected chi connectivity index (χ1v) is 5.40. The molecule has 0 saturated carbocycles. The van der Waals surface area contributed by atoms with Crippen LogP contribution in [0.25, 0.3) is 5.69 Å². The molecule has 1 heterocycles. The molecule has 0 saturated heterocycles. The maximum absolute atomic E-state index is 13.9. The highest BCUT2D eigenvalue weighted by Crippen LogP contribution is 2.18. The van der Waals surface area contributed by atoms with Gasteiger partial charge in [0.15, 0.2) is 0 Å². The van der Waals surface area contributed by atoms with Crippen LogP contribution in [0.1, 0.15) is 29.0 Å². The van der Waals surface area contributed by atoms with Crippen molar-refractivity contribution in [2.45, 2.75) is 13.0 Å². The lowest BCUT2D eigenvalue weighted by Gasteiger charge is -2.08. The van der Waals surface area contributed by atoms with E-state index in [4.69, 9.17) is 11.5 Å². The van der Waals surface area contributed by atoms with Gasteiger partial charge in [0.2, 0.25) is 0 Å². The van der Waals surface area contributed by atoms with Crippen LogP contribution >= 0.6 is 0 Å². The first-order chi connectivity index (χ1) is 8.49.